The first-order chi connectivity index (χ1) is 7.29. The molecule has 0 bridgehead atoms. The summed E-state index contributed by atoms with van der Waals surface area (Å²) in [5.74, 6) is 0.101. The van der Waals surface area contributed by atoms with Crippen molar-refractivity contribution in [3.05, 3.63) is 11.9 Å². The third-order valence-corrected chi connectivity index (χ3v) is 3.29. The Kier molecular flexibility index (Phi) is 1.74. The second-order valence-corrected chi connectivity index (χ2v) is 4.13. The Morgan fingerprint density at radius 3 is 3.07 bits per heavy atom. The van der Waals surface area contributed by atoms with E-state index in [-0.39, 0.29) is 17.9 Å². The third kappa shape index (κ3) is 1.09. The summed E-state index contributed by atoms with van der Waals surface area (Å²) in [7, 11) is 0. The summed E-state index contributed by atoms with van der Waals surface area (Å²) in [6, 6.07) is -0.187. The van der Waals surface area contributed by atoms with Gasteiger partial charge in [0.2, 0.25) is 5.91 Å². The van der Waals surface area contributed by atoms with Gasteiger partial charge in [-0.1, -0.05) is 0 Å². The van der Waals surface area contributed by atoms with Crippen LogP contribution in [0.2, 0.25) is 0 Å². The number of hydrogen-bond acceptors (Lipinski definition) is 3. The van der Waals surface area contributed by atoms with E-state index < -0.39 is 0 Å². The Balaban J connectivity index is 2.01. The van der Waals surface area contributed by atoms with Crippen LogP contribution in [0.15, 0.2) is 11.9 Å². The normalized spacial score (nSPS) is 29.6. The van der Waals surface area contributed by atoms with Crippen molar-refractivity contribution in [1.82, 2.24) is 15.1 Å². The van der Waals surface area contributed by atoms with Crippen molar-refractivity contribution >= 4 is 11.8 Å². The Labute approximate surface area is 87.7 Å². The molecule has 2 fully saturated rings. The fraction of sp³-hybridized carbons (Fsp3) is 0.600. The maximum Gasteiger partial charge on any atom is 0.272 e. The van der Waals surface area contributed by atoms with Crippen LogP contribution >= 0.6 is 0 Å². The molecule has 0 radical (unpaired) electrons. The van der Waals surface area contributed by atoms with Crippen LogP contribution in [0.3, 0.4) is 0 Å². The molecule has 5 heteroatoms. The average Bonchev–Trinajstić information content (AvgIpc) is 2.75. The molecule has 3 aliphatic heterocycles. The molecule has 2 amide bonds. The van der Waals surface area contributed by atoms with Gasteiger partial charge in [0.05, 0.1) is 0 Å². The molecular weight excluding hydrogens is 194 g/mol. The maximum absolute atomic E-state index is 12.1. The molecule has 0 aromatic carbocycles. The lowest BCUT2D eigenvalue weighted by atomic mass is 10.1. The lowest BCUT2D eigenvalue weighted by molar-refractivity contribution is -0.149. The summed E-state index contributed by atoms with van der Waals surface area (Å²) in [4.78, 5) is 27.4. The lowest BCUT2D eigenvalue weighted by Crippen LogP contribution is -2.58. The van der Waals surface area contributed by atoms with E-state index in [0.717, 1.165) is 25.9 Å². The number of carbonyl (C=O) groups excluding carboxylic acids is 2. The first kappa shape index (κ1) is 8.76. The molecule has 0 aromatic heterocycles. The quantitative estimate of drug-likeness (QED) is 0.569. The fourth-order valence-corrected chi connectivity index (χ4v) is 2.54. The van der Waals surface area contributed by atoms with E-state index >= 15 is 0 Å². The summed E-state index contributed by atoms with van der Waals surface area (Å²) in [5.41, 5.74) is 0.518. The summed E-state index contributed by atoms with van der Waals surface area (Å²) in [5, 5.41) is 3.01. The average molecular weight is 207 g/mol. The van der Waals surface area contributed by atoms with Crippen molar-refractivity contribution in [2.24, 2.45) is 0 Å². The molecule has 0 aromatic rings. The van der Waals surface area contributed by atoms with Gasteiger partial charge < -0.3 is 15.1 Å². The Hall–Kier alpha value is -1.52. The van der Waals surface area contributed by atoms with Gasteiger partial charge in [-0.2, -0.15) is 0 Å². The molecule has 0 aliphatic carbocycles. The van der Waals surface area contributed by atoms with E-state index in [1.54, 1.807) is 16.0 Å². The number of nitrogens with zero attached hydrogens (tertiary/aromatic N) is 2. The van der Waals surface area contributed by atoms with Crippen molar-refractivity contribution in [3.63, 3.8) is 0 Å². The van der Waals surface area contributed by atoms with E-state index in [4.69, 9.17) is 0 Å². The van der Waals surface area contributed by atoms with E-state index in [9.17, 15) is 9.59 Å². The molecular formula is C10H13N3O2. The van der Waals surface area contributed by atoms with Gasteiger partial charge in [-0.3, -0.25) is 9.59 Å². The van der Waals surface area contributed by atoms with Crippen LogP contribution in [-0.4, -0.2) is 47.3 Å². The lowest BCUT2D eigenvalue weighted by Gasteiger charge is -2.39. The van der Waals surface area contributed by atoms with E-state index in [0.29, 0.717) is 12.2 Å². The predicted octanol–water partition coefficient (Wildman–Crippen LogP) is -0.736. The summed E-state index contributed by atoms with van der Waals surface area (Å²) in [6.45, 7) is 2.07. The smallest absolute Gasteiger partial charge is 0.272 e. The first-order valence-electron chi connectivity index (χ1n) is 5.35. The second kappa shape index (κ2) is 2.98. The Morgan fingerprint density at radius 2 is 2.20 bits per heavy atom. The van der Waals surface area contributed by atoms with Crippen LogP contribution < -0.4 is 5.32 Å². The zero-order valence-corrected chi connectivity index (χ0v) is 8.40. The maximum atomic E-state index is 12.1. The molecule has 1 atom stereocenters. The van der Waals surface area contributed by atoms with E-state index in [2.05, 4.69) is 5.32 Å². The largest absolute Gasteiger partial charge is 0.387 e. The topological polar surface area (TPSA) is 52.7 Å². The van der Waals surface area contributed by atoms with E-state index in [1.807, 2.05) is 0 Å². The minimum absolute atomic E-state index is 0.00398. The molecule has 0 saturated carbocycles. The molecule has 3 aliphatic rings. The van der Waals surface area contributed by atoms with Crippen molar-refractivity contribution in [2.45, 2.75) is 18.9 Å². The number of piperazine rings is 1. The summed E-state index contributed by atoms with van der Waals surface area (Å²) >= 11 is 0. The first-order valence-corrected chi connectivity index (χ1v) is 5.35. The van der Waals surface area contributed by atoms with Gasteiger partial charge in [0.25, 0.3) is 5.91 Å². The van der Waals surface area contributed by atoms with Gasteiger partial charge in [-0.05, 0) is 12.8 Å². The molecule has 3 heterocycles. The van der Waals surface area contributed by atoms with Crippen molar-refractivity contribution in [1.29, 1.82) is 0 Å². The number of rotatable bonds is 0. The van der Waals surface area contributed by atoms with Gasteiger partial charge in [0, 0.05) is 25.8 Å². The molecule has 2 saturated heterocycles. The number of hydrogen-bond donors (Lipinski definition) is 1. The Morgan fingerprint density at radius 1 is 1.33 bits per heavy atom. The van der Waals surface area contributed by atoms with Crippen molar-refractivity contribution < 1.29 is 9.59 Å². The number of fused-ring (bicyclic) bond motifs is 2. The summed E-state index contributed by atoms with van der Waals surface area (Å²) in [6.07, 6.45) is 3.43. The van der Waals surface area contributed by atoms with Crippen LogP contribution in [0.4, 0.5) is 0 Å². The molecule has 5 nitrogen and oxygen atoms in total. The number of nitrogens with one attached hydrogen (secondary N) is 1. The molecule has 0 spiro atoms. The predicted molar refractivity (Wildman–Crippen MR) is 52.5 cm³/mol. The van der Waals surface area contributed by atoms with Gasteiger partial charge in [0.15, 0.2) is 0 Å². The zero-order chi connectivity index (χ0) is 10.4. The molecule has 3 rings (SSSR count). The van der Waals surface area contributed by atoms with Crippen molar-refractivity contribution in [2.75, 3.05) is 19.6 Å². The highest BCUT2D eigenvalue weighted by molar-refractivity contribution is 6.04. The van der Waals surface area contributed by atoms with Crippen LogP contribution in [0, 0.1) is 0 Å². The minimum Gasteiger partial charge on any atom is -0.387 e. The van der Waals surface area contributed by atoms with Crippen LogP contribution in [0.5, 0.6) is 0 Å². The molecule has 0 unspecified atom stereocenters. The third-order valence-electron chi connectivity index (χ3n) is 3.29. The van der Waals surface area contributed by atoms with Crippen molar-refractivity contribution in [3.8, 4) is 0 Å². The Bertz CT molecular complexity index is 364. The fourth-order valence-electron chi connectivity index (χ4n) is 2.54. The number of amides is 2. The van der Waals surface area contributed by atoms with Gasteiger partial charge >= 0.3 is 0 Å². The molecule has 1 N–H and O–H groups in total. The SMILES string of the molecule is O=C1[C@@H]2CCCN2C(=O)C2=CNCCN12. The number of carbonyl (C=O) groups is 2. The molecule has 15 heavy (non-hydrogen) atoms. The highest BCUT2D eigenvalue weighted by Crippen LogP contribution is 2.28. The van der Waals surface area contributed by atoms with Gasteiger partial charge in [0.1, 0.15) is 11.7 Å². The minimum atomic E-state index is -0.187. The summed E-state index contributed by atoms with van der Waals surface area (Å²) < 4.78 is 0. The highest BCUT2D eigenvalue weighted by atomic mass is 16.2. The molecule has 80 valence electrons. The monoisotopic (exact) mass is 207 g/mol. The van der Waals surface area contributed by atoms with Crippen LogP contribution in [0.1, 0.15) is 12.8 Å². The van der Waals surface area contributed by atoms with Crippen LogP contribution in [0.25, 0.3) is 0 Å². The second-order valence-electron chi connectivity index (χ2n) is 4.13. The van der Waals surface area contributed by atoms with Gasteiger partial charge in [-0.15, -0.1) is 0 Å². The highest BCUT2D eigenvalue weighted by Gasteiger charge is 2.45. The van der Waals surface area contributed by atoms with Crippen LogP contribution in [-0.2, 0) is 9.59 Å². The standard InChI is InChI=1S/C10H13N3O2/c14-9-7-2-1-4-12(7)10(15)8-6-11-3-5-13(8)9/h6-7,11H,1-5H2/t7-/m0/s1. The zero-order valence-electron chi connectivity index (χ0n) is 8.40. The van der Waals surface area contributed by atoms with E-state index in [1.165, 1.54) is 0 Å². The van der Waals surface area contributed by atoms with Gasteiger partial charge in [-0.25, -0.2) is 0 Å².